The summed E-state index contributed by atoms with van der Waals surface area (Å²) in [6.07, 6.45) is 5.58. The molecule has 1 aliphatic heterocycles. The lowest BCUT2D eigenvalue weighted by atomic mass is 9.94. The lowest BCUT2D eigenvalue weighted by molar-refractivity contribution is -0.132. The van der Waals surface area contributed by atoms with E-state index in [0.717, 1.165) is 40.7 Å². The zero-order chi connectivity index (χ0) is 22.8. The number of amides is 2. The van der Waals surface area contributed by atoms with Crippen LogP contribution in [0, 0.1) is 6.92 Å². The van der Waals surface area contributed by atoms with Gasteiger partial charge in [-0.2, -0.15) is 0 Å². The van der Waals surface area contributed by atoms with Gasteiger partial charge in [0.1, 0.15) is 0 Å². The third-order valence-corrected chi connectivity index (χ3v) is 7.16. The van der Waals surface area contributed by atoms with Gasteiger partial charge in [-0.05, 0) is 66.1 Å². The molecule has 0 spiro atoms. The third kappa shape index (κ3) is 4.52. The summed E-state index contributed by atoms with van der Waals surface area (Å²) in [5.41, 5.74) is 6.49. The van der Waals surface area contributed by atoms with Gasteiger partial charge >= 0.3 is 0 Å². The molecule has 3 aromatic heterocycles. The van der Waals surface area contributed by atoms with E-state index in [1.54, 1.807) is 23.7 Å². The van der Waals surface area contributed by atoms with Crippen molar-refractivity contribution in [1.82, 2.24) is 25.2 Å². The smallest absolute Gasteiger partial charge is 0.251 e. The van der Waals surface area contributed by atoms with Gasteiger partial charge in [0.2, 0.25) is 5.91 Å². The van der Waals surface area contributed by atoms with Crippen LogP contribution >= 0.6 is 11.3 Å². The van der Waals surface area contributed by atoms with Crippen molar-refractivity contribution in [3.63, 3.8) is 0 Å². The molecule has 5 rings (SSSR count). The zero-order valence-electron chi connectivity index (χ0n) is 18.4. The number of hydrogen-bond donors (Lipinski definition) is 2. The Morgan fingerprint density at radius 3 is 3.00 bits per heavy atom. The molecule has 0 saturated carbocycles. The summed E-state index contributed by atoms with van der Waals surface area (Å²) < 4.78 is 0. The van der Waals surface area contributed by atoms with E-state index in [1.807, 2.05) is 41.6 Å². The fraction of sp³-hybridized carbons (Fsp3) is 0.280. The highest BCUT2D eigenvalue weighted by Gasteiger charge is 2.24. The van der Waals surface area contributed by atoms with Gasteiger partial charge in [0.05, 0.1) is 17.4 Å². The first kappa shape index (κ1) is 21.3. The van der Waals surface area contributed by atoms with Crippen LogP contribution < -0.4 is 5.32 Å². The van der Waals surface area contributed by atoms with Crippen molar-refractivity contribution in [2.24, 2.45) is 0 Å². The van der Waals surface area contributed by atoms with Crippen molar-refractivity contribution in [1.29, 1.82) is 0 Å². The largest absolute Gasteiger partial charge is 0.348 e. The summed E-state index contributed by atoms with van der Waals surface area (Å²) in [6, 6.07) is 9.52. The number of rotatable bonds is 6. The number of pyridine rings is 1. The molecule has 2 N–H and O–H groups in total. The molecule has 0 fully saturated rings. The number of thiophene rings is 1. The lowest BCUT2D eigenvalue weighted by Crippen LogP contribution is -2.37. The molecule has 7 nitrogen and oxygen atoms in total. The minimum Gasteiger partial charge on any atom is -0.348 e. The fourth-order valence-electron chi connectivity index (χ4n) is 4.36. The van der Waals surface area contributed by atoms with Gasteiger partial charge in [-0.3, -0.25) is 14.6 Å². The summed E-state index contributed by atoms with van der Waals surface area (Å²) in [5.74, 6) is 0.0448. The quantitative estimate of drug-likeness (QED) is 0.459. The number of carbonyl (C=O) groups excluding carboxylic acids is 2. The van der Waals surface area contributed by atoms with E-state index in [-0.39, 0.29) is 11.8 Å². The summed E-state index contributed by atoms with van der Waals surface area (Å²) in [6.45, 7) is 3.64. The molecule has 0 bridgehead atoms. The van der Waals surface area contributed by atoms with Crippen LogP contribution in [0.2, 0.25) is 0 Å². The summed E-state index contributed by atoms with van der Waals surface area (Å²) in [7, 11) is 0. The van der Waals surface area contributed by atoms with Gasteiger partial charge in [0.15, 0.2) is 0 Å². The number of hydrogen-bond acceptors (Lipinski definition) is 5. The number of imidazole rings is 1. The van der Waals surface area contributed by atoms with E-state index >= 15 is 0 Å². The third-order valence-electron chi connectivity index (χ3n) is 6.22. The number of benzene rings is 1. The van der Waals surface area contributed by atoms with Crippen LogP contribution in [0.25, 0.3) is 11.0 Å². The maximum atomic E-state index is 12.8. The van der Waals surface area contributed by atoms with Crippen LogP contribution in [0.5, 0.6) is 0 Å². The Labute approximate surface area is 195 Å². The molecule has 8 heteroatoms. The second kappa shape index (κ2) is 9.15. The average molecular weight is 460 g/mol. The van der Waals surface area contributed by atoms with Crippen molar-refractivity contribution in [2.45, 2.75) is 39.3 Å². The summed E-state index contributed by atoms with van der Waals surface area (Å²) in [5, 5.41) is 5.08. The SMILES string of the molecule is Cc1ncc2c(c1CNC(=O)c1ccc3nc[nH]c3c1)CCN(C(=O)CCc1cccs1)C2. The number of carbonyl (C=O) groups is 2. The molecule has 0 radical (unpaired) electrons. The Morgan fingerprint density at radius 2 is 2.15 bits per heavy atom. The van der Waals surface area contributed by atoms with Crippen LogP contribution in [-0.4, -0.2) is 38.2 Å². The van der Waals surface area contributed by atoms with Crippen molar-refractivity contribution in [3.05, 3.63) is 81.1 Å². The molecule has 1 aliphatic rings. The van der Waals surface area contributed by atoms with Crippen LogP contribution in [0.15, 0.2) is 48.2 Å². The standard InChI is InChI=1S/C25H25N5O2S/c1-16-21(13-27-25(32)17-4-6-22-23(11-17)29-15-28-22)20-8-9-30(14-18(20)12-26-16)24(31)7-5-19-3-2-10-33-19/h2-4,6,10-12,15H,5,7-9,13-14H2,1H3,(H,27,32)(H,28,29). The molecule has 33 heavy (non-hydrogen) atoms. The van der Waals surface area contributed by atoms with Gasteiger partial charge < -0.3 is 15.2 Å². The monoisotopic (exact) mass is 459 g/mol. The van der Waals surface area contributed by atoms with Gasteiger partial charge in [-0.1, -0.05) is 6.07 Å². The number of nitrogens with zero attached hydrogens (tertiary/aromatic N) is 3. The first-order valence-corrected chi connectivity index (χ1v) is 11.9. The van der Waals surface area contributed by atoms with Crippen LogP contribution in [-0.2, 0) is 30.7 Å². The summed E-state index contributed by atoms with van der Waals surface area (Å²) >= 11 is 1.69. The number of aryl methyl sites for hydroxylation is 2. The van der Waals surface area contributed by atoms with E-state index in [2.05, 4.69) is 26.3 Å². The number of aromatic amines is 1. The fourth-order valence-corrected chi connectivity index (χ4v) is 5.07. The molecule has 1 aromatic carbocycles. The van der Waals surface area contributed by atoms with Gasteiger partial charge in [0.25, 0.3) is 5.91 Å². The second-order valence-corrected chi connectivity index (χ2v) is 9.32. The summed E-state index contributed by atoms with van der Waals surface area (Å²) in [4.78, 5) is 40.5. The second-order valence-electron chi connectivity index (χ2n) is 8.29. The number of fused-ring (bicyclic) bond motifs is 2. The Balaban J connectivity index is 1.25. The molecule has 4 aromatic rings. The lowest BCUT2D eigenvalue weighted by Gasteiger charge is -2.30. The van der Waals surface area contributed by atoms with Crippen molar-refractivity contribution in [3.8, 4) is 0 Å². The predicted molar refractivity (Wildman–Crippen MR) is 128 cm³/mol. The first-order valence-electron chi connectivity index (χ1n) is 11.1. The molecule has 4 heterocycles. The highest BCUT2D eigenvalue weighted by atomic mass is 32.1. The van der Waals surface area contributed by atoms with Crippen molar-refractivity contribution in [2.75, 3.05) is 6.54 Å². The minimum atomic E-state index is -0.135. The number of aromatic nitrogens is 3. The molecular weight excluding hydrogens is 434 g/mol. The van der Waals surface area contributed by atoms with Gasteiger partial charge in [-0.25, -0.2) is 4.98 Å². The minimum absolute atomic E-state index is 0.135. The Kier molecular flexibility index (Phi) is 5.92. The first-order chi connectivity index (χ1) is 16.1. The Bertz CT molecular complexity index is 1310. The number of nitrogens with one attached hydrogen (secondary N) is 2. The van der Waals surface area contributed by atoms with Crippen molar-refractivity contribution >= 4 is 34.2 Å². The maximum Gasteiger partial charge on any atom is 0.251 e. The highest BCUT2D eigenvalue weighted by Crippen LogP contribution is 2.25. The van der Waals surface area contributed by atoms with Gasteiger partial charge in [0, 0.05) is 48.4 Å². The number of H-pyrrole nitrogens is 1. The topological polar surface area (TPSA) is 91.0 Å². The molecule has 0 atom stereocenters. The van der Waals surface area contributed by atoms with E-state index in [4.69, 9.17) is 0 Å². The van der Waals surface area contributed by atoms with Crippen LogP contribution in [0.4, 0.5) is 0 Å². The van der Waals surface area contributed by atoms with Gasteiger partial charge in [-0.15, -0.1) is 11.3 Å². The van der Waals surface area contributed by atoms with E-state index in [0.29, 0.717) is 31.6 Å². The van der Waals surface area contributed by atoms with Crippen LogP contribution in [0.3, 0.4) is 0 Å². The maximum absolute atomic E-state index is 12.8. The predicted octanol–water partition coefficient (Wildman–Crippen LogP) is 3.78. The van der Waals surface area contributed by atoms with Crippen LogP contribution in [0.1, 0.15) is 44.0 Å². The molecule has 0 saturated heterocycles. The zero-order valence-corrected chi connectivity index (χ0v) is 19.2. The Hall–Kier alpha value is -3.52. The molecule has 2 amide bonds. The van der Waals surface area contributed by atoms with E-state index in [1.165, 1.54) is 10.4 Å². The molecule has 0 unspecified atom stereocenters. The molecule has 168 valence electrons. The molecular formula is C25H25N5O2S. The highest BCUT2D eigenvalue weighted by molar-refractivity contribution is 7.09. The van der Waals surface area contributed by atoms with E-state index in [9.17, 15) is 9.59 Å². The molecule has 0 aliphatic carbocycles. The normalized spacial score (nSPS) is 13.2. The Morgan fingerprint density at radius 1 is 1.24 bits per heavy atom. The average Bonchev–Trinajstić information content (AvgIpc) is 3.53. The van der Waals surface area contributed by atoms with E-state index < -0.39 is 0 Å². The van der Waals surface area contributed by atoms with Crippen molar-refractivity contribution < 1.29 is 9.59 Å².